The molecule has 0 spiro atoms. The third kappa shape index (κ3) is 5.30. The summed E-state index contributed by atoms with van der Waals surface area (Å²) in [5.41, 5.74) is 3.44. The molecule has 1 aliphatic heterocycles. The molecule has 1 saturated heterocycles. The summed E-state index contributed by atoms with van der Waals surface area (Å²) in [5.74, 6) is 2.73. The highest BCUT2D eigenvalue weighted by Gasteiger charge is 2.28. The molecule has 2 fully saturated rings. The molecule has 4 nitrogen and oxygen atoms in total. The van der Waals surface area contributed by atoms with E-state index in [0.29, 0.717) is 30.0 Å². The van der Waals surface area contributed by atoms with Crippen LogP contribution in [0.3, 0.4) is 0 Å². The van der Waals surface area contributed by atoms with Gasteiger partial charge in [0.1, 0.15) is 6.33 Å². The second kappa shape index (κ2) is 9.62. The van der Waals surface area contributed by atoms with Crippen LogP contribution in [0.5, 0.6) is 0 Å². The summed E-state index contributed by atoms with van der Waals surface area (Å²) in [6.07, 6.45) is 11.4. The van der Waals surface area contributed by atoms with Gasteiger partial charge in [-0.1, -0.05) is 31.2 Å². The zero-order valence-corrected chi connectivity index (χ0v) is 17.5. The molecule has 4 heteroatoms. The Morgan fingerprint density at radius 2 is 1.86 bits per heavy atom. The van der Waals surface area contributed by atoms with Gasteiger partial charge in [-0.25, -0.2) is 9.97 Å². The lowest BCUT2D eigenvalue weighted by Crippen LogP contribution is -2.28. The van der Waals surface area contributed by atoms with Gasteiger partial charge in [-0.2, -0.15) is 0 Å². The SMILES string of the molecule is CC(CC1CC[C@H](c2ccc(C(=O)CC3CCNCC3)cc2)C1)c1ccncn1. The van der Waals surface area contributed by atoms with Crippen LogP contribution in [0, 0.1) is 11.8 Å². The van der Waals surface area contributed by atoms with Crippen LogP contribution in [0.25, 0.3) is 0 Å². The van der Waals surface area contributed by atoms with Gasteiger partial charge >= 0.3 is 0 Å². The normalized spacial score (nSPS) is 23.8. The molecule has 2 unspecified atom stereocenters. The molecule has 2 heterocycles. The lowest BCUT2D eigenvalue weighted by atomic mass is 9.88. The Balaban J connectivity index is 1.29. The maximum atomic E-state index is 12.6. The number of rotatable bonds is 7. The summed E-state index contributed by atoms with van der Waals surface area (Å²) in [4.78, 5) is 21.1. The lowest BCUT2D eigenvalue weighted by molar-refractivity contribution is 0.0952. The van der Waals surface area contributed by atoms with Gasteiger partial charge in [-0.05, 0) is 86.9 Å². The molecule has 2 aromatic rings. The molecule has 0 amide bonds. The molecule has 0 radical (unpaired) electrons. The van der Waals surface area contributed by atoms with Gasteiger partial charge in [0.05, 0.1) is 0 Å². The summed E-state index contributed by atoms with van der Waals surface area (Å²) in [6.45, 7) is 4.38. The molecule has 2 aliphatic rings. The lowest BCUT2D eigenvalue weighted by Gasteiger charge is -2.21. The van der Waals surface area contributed by atoms with Crippen LogP contribution in [0.15, 0.2) is 42.9 Å². The minimum absolute atomic E-state index is 0.312. The fraction of sp³-hybridized carbons (Fsp3) is 0.560. The van der Waals surface area contributed by atoms with Crippen molar-refractivity contribution in [1.29, 1.82) is 0 Å². The van der Waals surface area contributed by atoms with Gasteiger partial charge in [0.2, 0.25) is 0 Å². The molecule has 29 heavy (non-hydrogen) atoms. The van der Waals surface area contributed by atoms with E-state index in [1.165, 1.54) is 31.2 Å². The number of ketones is 1. The quantitative estimate of drug-likeness (QED) is 0.665. The van der Waals surface area contributed by atoms with Gasteiger partial charge in [-0.3, -0.25) is 4.79 Å². The number of hydrogen-bond donors (Lipinski definition) is 1. The second-order valence-corrected chi connectivity index (χ2v) is 9.09. The van der Waals surface area contributed by atoms with Crippen molar-refractivity contribution in [2.75, 3.05) is 13.1 Å². The summed E-state index contributed by atoms with van der Waals surface area (Å²) >= 11 is 0. The highest BCUT2D eigenvalue weighted by atomic mass is 16.1. The standard InChI is InChI=1S/C25H33N3O/c1-18(24-10-13-27-17-28-24)14-20-2-3-23(15-20)21-4-6-22(7-5-21)25(29)16-19-8-11-26-12-9-19/h4-7,10,13,17-20,23,26H,2-3,8-9,11-12,14-16H2,1H3/t18?,20?,23-/m0/s1. The van der Waals surface area contributed by atoms with Crippen molar-refractivity contribution in [3.63, 3.8) is 0 Å². The predicted octanol–water partition coefficient (Wildman–Crippen LogP) is 5.13. The van der Waals surface area contributed by atoms with Crippen LogP contribution < -0.4 is 5.32 Å². The molecule has 0 bridgehead atoms. The molecule has 1 aromatic heterocycles. The van der Waals surface area contributed by atoms with E-state index in [4.69, 9.17) is 0 Å². The summed E-state index contributed by atoms with van der Waals surface area (Å²) in [6, 6.07) is 10.6. The number of benzene rings is 1. The van der Waals surface area contributed by atoms with Crippen molar-refractivity contribution in [2.24, 2.45) is 11.8 Å². The van der Waals surface area contributed by atoms with Crippen LogP contribution in [-0.2, 0) is 0 Å². The molecule has 1 saturated carbocycles. The Labute approximate surface area is 174 Å². The highest BCUT2D eigenvalue weighted by molar-refractivity contribution is 5.96. The van der Waals surface area contributed by atoms with E-state index in [2.05, 4.69) is 46.5 Å². The number of carbonyl (C=O) groups excluding carboxylic acids is 1. The first kappa shape index (κ1) is 20.2. The topological polar surface area (TPSA) is 54.9 Å². The number of nitrogens with zero attached hydrogens (tertiary/aromatic N) is 2. The highest BCUT2D eigenvalue weighted by Crippen LogP contribution is 2.42. The van der Waals surface area contributed by atoms with Crippen molar-refractivity contribution in [3.8, 4) is 0 Å². The second-order valence-electron chi connectivity index (χ2n) is 9.09. The summed E-state index contributed by atoms with van der Waals surface area (Å²) in [7, 11) is 0. The first-order valence-electron chi connectivity index (χ1n) is 11.3. The number of Topliss-reactive ketones (excluding diaryl/α,β-unsaturated/α-hetero) is 1. The van der Waals surface area contributed by atoms with Crippen LogP contribution in [-0.4, -0.2) is 28.8 Å². The number of hydrogen-bond acceptors (Lipinski definition) is 4. The Morgan fingerprint density at radius 3 is 2.59 bits per heavy atom. The average Bonchev–Trinajstić information content (AvgIpc) is 3.23. The third-order valence-corrected chi connectivity index (χ3v) is 6.97. The Kier molecular flexibility index (Phi) is 6.70. The van der Waals surface area contributed by atoms with Crippen molar-refractivity contribution >= 4 is 5.78 Å². The van der Waals surface area contributed by atoms with E-state index in [0.717, 1.165) is 43.1 Å². The van der Waals surface area contributed by atoms with Gasteiger partial charge in [-0.15, -0.1) is 0 Å². The van der Waals surface area contributed by atoms with Crippen LogP contribution in [0.2, 0.25) is 0 Å². The number of aromatic nitrogens is 2. The van der Waals surface area contributed by atoms with Crippen molar-refractivity contribution in [1.82, 2.24) is 15.3 Å². The smallest absolute Gasteiger partial charge is 0.163 e. The first-order valence-corrected chi connectivity index (χ1v) is 11.3. The van der Waals surface area contributed by atoms with Gasteiger partial charge in [0.25, 0.3) is 0 Å². The monoisotopic (exact) mass is 391 g/mol. The van der Waals surface area contributed by atoms with E-state index < -0.39 is 0 Å². The zero-order chi connectivity index (χ0) is 20.1. The van der Waals surface area contributed by atoms with Crippen LogP contribution in [0.4, 0.5) is 0 Å². The number of piperidine rings is 1. The van der Waals surface area contributed by atoms with Crippen molar-refractivity contribution in [2.45, 2.75) is 63.7 Å². The largest absolute Gasteiger partial charge is 0.317 e. The summed E-state index contributed by atoms with van der Waals surface area (Å²) < 4.78 is 0. The minimum Gasteiger partial charge on any atom is -0.317 e. The Morgan fingerprint density at radius 1 is 1.07 bits per heavy atom. The fourth-order valence-electron chi connectivity index (χ4n) is 5.21. The Bertz CT molecular complexity index is 783. The molecule has 1 aliphatic carbocycles. The van der Waals surface area contributed by atoms with E-state index in [9.17, 15) is 4.79 Å². The maximum Gasteiger partial charge on any atom is 0.163 e. The maximum absolute atomic E-state index is 12.6. The molecular formula is C25H33N3O. The van der Waals surface area contributed by atoms with E-state index in [-0.39, 0.29) is 0 Å². The molecule has 154 valence electrons. The summed E-state index contributed by atoms with van der Waals surface area (Å²) in [5, 5.41) is 3.37. The number of carbonyl (C=O) groups is 1. The van der Waals surface area contributed by atoms with Gasteiger partial charge in [0, 0.05) is 23.9 Å². The van der Waals surface area contributed by atoms with Crippen LogP contribution >= 0.6 is 0 Å². The van der Waals surface area contributed by atoms with E-state index in [1.807, 2.05) is 12.3 Å². The molecule has 1 aromatic carbocycles. The van der Waals surface area contributed by atoms with Crippen molar-refractivity contribution in [3.05, 3.63) is 59.7 Å². The first-order chi connectivity index (χ1) is 14.2. The van der Waals surface area contributed by atoms with E-state index in [1.54, 1.807) is 6.33 Å². The predicted molar refractivity (Wildman–Crippen MR) is 116 cm³/mol. The minimum atomic E-state index is 0.312. The molecular weight excluding hydrogens is 358 g/mol. The van der Waals surface area contributed by atoms with Crippen molar-refractivity contribution < 1.29 is 4.79 Å². The fourth-order valence-corrected chi connectivity index (χ4v) is 5.21. The third-order valence-electron chi connectivity index (χ3n) is 6.97. The van der Waals surface area contributed by atoms with Crippen LogP contribution in [0.1, 0.15) is 85.3 Å². The van der Waals surface area contributed by atoms with Gasteiger partial charge in [0.15, 0.2) is 5.78 Å². The Hall–Kier alpha value is -2.07. The average molecular weight is 392 g/mol. The number of nitrogens with one attached hydrogen (secondary N) is 1. The molecule has 4 rings (SSSR count). The van der Waals surface area contributed by atoms with Gasteiger partial charge < -0.3 is 5.32 Å². The van der Waals surface area contributed by atoms with E-state index >= 15 is 0 Å². The molecule has 3 atom stereocenters. The zero-order valence-electron chi connectivity index (χ0n) is 17.5. The molecule has 1 N–H and O–H groups in total.